The van der Waals surface area contributed by atoms with Gasteiger partial charge in [0.1, 0.15) is 0 Å². The van der Waals surface area contributed by atoms with Crippen molar-refractivity contribution in [1.29, 1.82) is 0 Å². The van der Waals surface area contributed by atoms with Gasteiger partial charge in [-0.15, -0.1) is 11.8 Å². The van der Waals surface area contributed by atoms with Crippen molar-refractivity contribution in [2.24, 2.45) is 5.18 Å². The van der Waals surface area contributed by atoms with Crippen LogP contribution >= 0.6 is 11.8 Å². The summed E-state index contributed by atoms with van der Waals surface area (Å²) in [4.78, 5) is 21.7. The minimum Gasteiger partial charge on any atom is -0.326 e. The normalized spacial score (nSPS) is 9.67. The lowest BCUT2D eigenvalue weighted by molar-refractivity contribution is -0.114. The molecule has 1 aromatic carbocycles. The second-order valence-corrected chi connectivity index (χ2v) is 4.08. The van der Waals surface area contributed by atoms with Gasteiger partial charge in [0.15, 0.2) is 0 Å². The first-order chi connectivity index (χ1) is 7.22. The average molecular weight is 224 g/mol. The number of benzene rings is 1. The van der Waals surface area contributed by atoms with Crippen molar-refractivity contribution in [3.8, 4) is 0 Å². The smallest absolute Gasteiger partial charge is 0.221 e. The third-order valence-corrected chi connectivity index (χ3v) is 2.62. The summed E-state index contributed by atoms with van der Waals surface area (Å²) in [5, 5.41) is 5.46. The average Bonchev–Trinajstić information content (AvgIpc) is 2.20. The molecule has 5 heteroatoms. The molecule has 0 fully saturated rings. The Balaban J connectivity index is 2.48. The summed E-state index contributed by atoms with van der Waals surface area (Å²) in [7, 11) is 0. The van der Waals surface area contributed by atoms with E-state index in [1.54, 1.807) is 11.8 Å². The van der Waals surface area contributed by atoms with E-state index in [1.165, 1.54) is 6.92 Å². The van der Waals surface area contributed by atoms with Crippen LogP contribution < -0.4 is 5.32 Å². The lowest BCUT2D eigenvalue weighted by Gasteiger charge is -2.03. The number of nitroso groups, excluding NO2 is 1. The van der Waals surface area contributed by atoms with Crippen LogP contribution in [0.5, 0.6) is 0 Å². The molecule has 0 unspecified atom stereocenters. The number of anilines is 1. The van der Waals surface area contributed by atoms with Gasteiger partial charge < -0.3 is 5.32 Å². The molecule has 1 N–H and O–H groups in total. The first-order valence-corrected chi connectivity index (χ1v) is 5.50. The Morgan fingerprint density at radius 3 is 2.60 bits per heavy atom. The van der Waals surface area contributed by atoms with E-state index in [0.717, 1.165) is 10.6 Å². The highest BCUT2D eigenvalue weighted by atomic mass is 32.2. The summed E-state index contributed by atoms with van der Waals surface area (Å²) in [5.74, 6) is 0.601. The van der Waals surface area contributed by atoms with Crippen LogP contribution in [0.2, 0.25) is 0 Å². The summed E-state index contributed by atoms with van der Waals surface area (Å²) in [6.45, 7) is 1.79. The topological polar surface area (TPSA) is 58.5 Å². The number of carbonyl (C=O) groups is 1. The molecule has 0 heterocycles. The quantitative estimate of drug-likeness (QED) is 0.475. The Hall–Kier alpha value is -1.36. The number of nitrogens with zero attached hydrogens (tertiary/aromatic N) is 1. The van der Waals surface area contributed by atoms with Crippen molar-refractivity contribution in [1.82, 2.24) is 0 Å². The van der Waals surface area contributed by atoms with E-state index in [9.17, 15) is 9.70 Å². The molecule has 0 atom stereocenters. The van der Waals surface area contributed by atoms with Crippen LogP contribution in [0.4, 0.5) is 5.69 Å². The molecule has 0 aliphatic heterocycles. The van der Waals surface area contributed by atoms with Crippen LogP contribution in [0.15, 0.2) is 34.3 Å². The fraction of sp³-hybridized carbons (Fsp3) is 0.300. The highest BCUT2D eigenvalue weighted by Gasteiger charge is 1.96. The van der Waals surface area contributed by atoms with Gasteiger partial charge in [-0.1, -0.05) is 5.18 Å². The lowest BCUT2D eigenvalue weighted by Crippen LogP contribution is -2.05. The Bertz CT molecular complexity index is 338. The molecule has 1 aromatic rings. The first kappa shape index (κ1) is 11.7. The van der Waals surface area contributed by atoms with E-state index in [2.05, 4.69) is 10.5 Å². The van der Waals surface area contributed by atoms with E-state index in [-0.39, 0.29) is 5.91 Å². The number of rotatable bonds is 5. The number of amides is 1. The van der Waals surface area contributed by atoms with Crippen molar-refractivity contribution in [2.45, 2.75) is 11.8 Å². The third-order valence-electron chi connectivity index (χ3n) is 1.63. The minimum absolute atomic E-state index is 0.0828. The highest BCUT2D eigenvalue weighted by Crippen LogP contribution is 2.19. The van der Waals surface area contributed by atoms with Crippen molar-refractivity contribution in [3.63, 3.8) is 0 Å². The van der Waals surface area contributed by atoms with Crippen LogP contribution in [0.1, 0.15) is 6.92 Å². The van der Waals surface area contributed by atoms with Crippen LogP contribution in [-0.4, -0.2) is 18.2 Å². The molecule has 0 spiro atoms. The Labute approximate surface area is 92.4 Å². The summed E-state index contributed by atoms with van der Waals surface area (Å²) in [6.07, 6.45) is 0. The standard InChI is InChI=1S/C10H12N2O2S/c1-8(13)12-9-2-4-10(5-3-9)15-7-6-11-14/h2-5H,6-7H2,1H3,(H,12,13). The fourth-order valence-corrected chi connectivity index (χ4v) is 1.77. The van der Waals surface area contributed by atoms with Crippen molar-refractivity contribution >= 4 is 23.4 Å². The van der Waals surface area contributed by atoms with Gasteiger partial charge in [0.25, 0.3) is 0 Å². The molecule has 0 saturated carbocycles. The maximum absolute atomic E-state index is 10.7. The van der Waals surface area contributed by atoms with Gasteiger partial charge in [0.05, 0.1) is 6.54 Å². The molecule has 4 nitrogen and oxygen atoms in total. The van der Waals surface area contributed by atoms with Gasteiger partial charge in [-0.2, -0.15) is 4.91 Å². The van der Waals surface area contributed by atoms with Gasteiger partial charge in [-0.25, -0.2) is 0 Å². The third kappa shape index (κ3) is 4.60. The molecule has 0 bridgehead atoms. The van der Waals surface area contributed by atoms with Crippen LogP contribution in [0, 0.1) is 4.91 Å². The maximum atomic E-state index is 10.7. The molecule has 80 valence electrons. The van der Waals surface area contributed by atoms with Crippen molar-refractivity contribution < 1.29 is 4.79 Å². The Kier molecular flexibility index (Phi) is 4.83. The zero-order valence-corrected chi connectivity index (χ0v) is 9.21. The molecule has 0 saturated heterocycles. The molecule has 0 aliphatic carbocycles. The molecule has 15 heavy (non-hydrogen) atoms. The molecule has 0 aliphatic rings. The molecular weight excluding hydrogens is 212 g/mol. The molecular formula is C10H12N2O2S. The van der Waals surface area contributed by atoms with Gasteiger partial charge in [-0.05, 0) is 24.3 Å². The van der Waals surface area contributed by atoms with Crippen LogP contribution in [0.3, 0.4) is 0 Å². The Morgan fingerprint density at radius 2 is 2.07 bits per heavy atom. The highest BCUT2D eigenvalue weighted by molar-refractivity contribution is 7.99. The molecule has 1 rings (SSSR count). The first-order valence-electron chi connectivity index (χ1n) is 4.52. The summed E-state index contributed by atoms with van der Waals surface area (Å²) < 4.78 is 0. The molecule has 0 radical (unpaired) electrons. The monoisotopic (exact) mass is 224 g/mol. The number of hydrogen-bond donors (Lipinski definition) is 1. The van der Waals surface area contributed by atoms with Crippen molar-refractivity contribution in [2.75, 3.05) is 17.6 Å². The molecule has 0 aromatic heterocycles. The molecule has 1 amide bonds. The van der Waals surface area contributed by atoms with Crippen LogP contribution in [0.25, 0.3) is 0 Å². The second-order valence-electron chi connectivity index (χ2n) is 2.91. The number of nitrogens with one attached hydrogen (secondary N) is 1. The van der Waals surface area contributed by atoms with Gasteiger partial charge in [-0.3, -0.25) is 4.79 Å². The number of carbonyl (C=O) groups excluding carboxylic acids is 1. The van der Waals surface area contributed by atoms with E-state index in [0.29, 0.717) is 12.3 Å². The summed E-state index contributed by atoms with van der Waals surface area (Å²) in [5.41, 5.74) is 0.778. The zero-order chi connectivity index (χ0) is 11.1. The summed E-state index contributed by atoms with van der Waals surface area (Å²) >= 11 is 1.57. The second kappa shape index (κ2) is 6.19. The van der Waals surface area contributed by atoms with Gasteiger partial charge in [0.2, 0.25) is 5.91 Å². The fourth-order valence-electron chi connectivity index (χ4n) is 1.04. The SMILES string of the molecule is CC(=O)Nc1ccc(SCCN=O)cc1. The van der Waals surface area contributed by atoms with Gasteiger partial charge in [0, 0.05) is 23.3 Å². The zero-order valence-electron chi connectivity index (χ0n) is 8.40. The van der Waals surface area contributed by atoms with E-state index >= 15 is 0 Å². The Morgan fingerprint density at radius 1 is 1.40 bits per heavy atom. The van der Waals surface area contributed by atoms with Gasteiger partial charge >= 0.3 is 0 Å². The van der Waals surface area contributed by atoms with E-state index in [1.807, 2.05) is 24.3 Å². The predicted molar refractivity (Wildman–Crippen MR) is 62.1 cm³/mol. The maximum Gasteiger partial charge on any atom is 0.221 e. The van der Waals surface area contributed by atoms with Crippen LogP contribution in [-0.2, 0) is 4.79 Å². The van der Waals surface area contributed by atoms with E-state index < -0.39 is 0 Å². The number of thioether (sulfide) groups is 1. The minimum atomic E-state index is -0.0828. The lowest BCUT2D eigenvalue weighted by atomic mass is 10.3. The predicted octanol–water partition coefficient (Wildman–Crippen LogP) is 2.50. The summed E-state index contributed by atoms with van der Waals surface area (Å²) in [6, 6.07) is 7.47. The van der Waals surface area contributed by atoms with Crippen molar-refractivity contribution in [3.05, 3.63) is 29.2 Å². The number of hydrogen-bond acceptors (Lipinski definition) is 4. The largest absolute Gasteiger partial charge is 0.326 e. The van der Waals surface area contributed by atoms with E-state index in [4.69, 9.17) is 0 Å².